The van der Waals surface area contributed by atoms with Crippen molar-refractivity contribution in [2.24, 2.45) is 11.7 Å². The first-order chi connectivity index (χ1) is 8.15. The molecule has 0 spiro atoms. The van der Waals surface area contributed by atoms with E-state index in [1.165, 1.54) is 45.2 Å². The Morgan fingerprint density at radius 3 is 2.35 bits per heavy atom. The van der Waals surface area contributed by atoms with Gasteiger partial charge in [-0.15, -0.1) is 0 Å². The van der Waals surface area contributed by atoms with Crippen LogP contribution in [-0.4, -0.2) is 30.2 Å². The van der Waals surface area contributed by atoms with Crippen molar-refractivity contribution in [3.8, 4) is 0 Å². The maximum atomic E-state index is 6.05. The highest BCUT2D eigenvalue weighted by molar-refractivity contribution is 4.88. The SMILES string of the molecule is CCC(C)CC(CC)(CN)NN1CCCCC1. The molecule has 102 valence electrons. The normalized spacial score (nSPS) is 23.3. The molecular formula is C14H31N3. The van der Waals surface area contributed by atoms with Gasteiger partial charge in [-0.05, 0) is 31.6 Å². The van der Waals surface area contributed by atoms with E-state index < -0.39 is 0 Å². The van der Waals surface area contributed by atoms with Crippen LogP contribution >= 0.6 is 0 Å². The zero-order valence-corrected chi connectivity index (χ0v) is 12.0. The number of rotatable bonds is 7. The molecule has 3 N–H and O–H groups in total. The minimum absolute atomic E-state index is 0.118. The zero-order valence-electron chi connectivity index (χ0n) is 12.0. The lowest BCUT2D eigenvalue weighted by molar-refractivity contribution is 0.0671. The molecule has 3 nitrogen and oxygen atoms in total. The summed E-state index contributed by atoms with van der Waals surface area (Å²) in [5.74, 6) is 0.746. The average molecular weight is 241 g/mol. The smallest absolute Gasteiger partial charge is 0.0448 e. The van der Waals surface area contributed by atoms with E-state index >= 15 is 0 Å². The molecule has 1 aliphatic heterocycles. The van der Waals surface area contributed by atoms with Gasteiger partial charge < -0.3 is 5.73 Å². The molecule has 2 atom stereocenters. The van der Waals surface area contributed by atoms with Gasteiger partial charge in [-0.2, -0.15) is 0 Å². The van der Waals surface area contributed by atoms with E-state index in [1.54, 1.807) is 0 Å². The first kappa shape index (κ1) is 14.9. The molecule has 1 rings (SSSR count). The molecule has 0 amide bonds. The van der Waals surface area contributed by atoms with Crippen molar-refractivity contribution in [3.63, 3.8) is 0 Å². The Balaban J connectivity index is 2.55. The molecule has 1 fully saturated rings. The molecule has 0 aliphatic carbocycles. The van der Waals surface area contributed by atoms with Crippen LogP contribution in [-0.2, 0) is 0 Å². The first-order valence-electron chi connectivity index (χ1n) is 7.38. The van der Waals surface area contributed by atoms with E-state index in [0.29, 0.717) is 0 Å². The molecule has 0 aromatic carbocycles. The summed E-state index contributed by atoms with van der Waals surface area (Å²) >= 11 is 0. The van der Waals surface area contributed by atoms with Gasteiger partial charge in [0.1, 0.15) is 0 Å². The lowest BCUT2D eigenvalue weighted by atomic mass is 9.85. The standard InChI is InChI=1S/C14H31N3/c1-4-13(3)11-14(5-2,12-15)16-17-9-7-6-8-10-17/h13,16H,4-12,15H2,1-3H3. The summed E-state index contributed by atoms with van der Waals surface area (Å²) in [4.78, 5) is 0. The molecule has 0 bridgehead atoms. The maximum Gasteiger partial charge on any atom is 0.0448 e. The Morgan fingerprint density at radius 1 is 1.24 bits per heavy atom. The predicted octanol–water partition coefficient (Wildman–Crippen LogP) is 2.52. The molecule has 2 unspecified atom stereocenters. The Labute approximate surface area is 107 Å². The maximum absolute atomic E-state index is 6.05. The van der Waals surface area contributed by atoms with E-state index in [-0.39, 0.29) is 5.54 Å². The fourth-order valence-electron chi connectivity index (χ4n) is 2.69. The number of nitrogens with zero attached hydrogens (tertiary/aromatic N) is 1. The zero-order chi connectivity index (χ0) is 12.7. The summed E-state index contributed by atoms with van der Waals surface area (Å²) < 4.78 is 0. The quantitative estimate of drug-likeness (QED) is 0.719. The van der Waals surface area contributed by atoms with Gasteiger partial charge in [0, 0.05) is 25.2 Å². The van der Waals surface area contributed by atoms with E-state index in [0.717, 1.165) is 18.9 Å². The monoisotopic (exact) mass is 241 g/mol. The van der Waals surface area contributed by atoms with Crippen molar-refractivity contribution in [1.29, 1.82) is 0 Å². The minimum atomic E-state index is 0.118. The van der Waals surface area contributed by atoms with E-state index in [1.807, 2.05) is 0 Å². The summed E-state index contributed by atoms with van der Waals surface area (Å²) in [6.07, 6.45) is 7.56. The van der Waals surface area contributed by atoms with Crippen LogP contribution < -0.4 is 11.2 Å². The number of piperidine rings is 1. The summed E-state index contributed by atoms with van der Waals surface area (Å²) in [5, 5.41) is 2.40. The highest BCUT2D eigenvalue weighted by Crippen LogP contribution is 2.23. The van der Waals surface area contributed by atoms with Gasteiger partial charge in [-0.25, -0.2) is 10.4 Å². The molecule has 0 radical (unpaired) electrons. The molecule has 1 heterocycles. The molecule has 0 saturated carbocycles. The Bertz CT molecular complexity index is 196. The lowest BCUT2D eigenvalue weighted by Gasteiger charge is -2.41. The number of nitrogens with one attached hydrogen (secondary N) is 1. The molecular weight excluding hydrogens is 210 g/mol. The van der Waals surface area contributed by atoms with Crippen LogP contribution in [0.25, 0.3) is 0 Å². The molecule has 0 aromatic heterocycles. The van der Waals surface area contributed by atoms with E-state index in [2.05, 4.69) is 31.2 Å². The number of hydrogen-bond donors (Lipinski definition) is 2. The van der Waals surface area contributed by atoms with Gasteiger partial charge in [0.15, 0.2) is 0 Å². The van der Waals surface area contributed by atoms with Crippen molar-refractivity contribution in [2.45, 2.75) is 64.8 Å². The van der Waals surface area contributed by atoms with Crippen molar-refractivity contribution >= 4 is 0 Å². The number of hydrogen-bond acceptors (Lipinski definition) is 3. The highest BCUT2D eigenvalue weighted by Gasteiger charge is 2.30. The van der Waals surface area contributed by atoms with Crippen molar-refractivity contribution < 1.29 is 0 Å². The van der Waals surface area contributed by atoms with E-state index in [4.69, 9.17) is 5.73 Å². The predicted molar refractivity (Wildman–Crippen MR) is 74.7 cm³/mol. The van der Waals surface area contributed by atoms with Crippen LogP contribution in [0, 0.1) is 5.92 Å². The van der Waals surface area contributed by atoms with Gasteiger partial charge in [0.05, 0.1) is 0 Å². The highest BCUT2D eigenvalue weighted by atomic mass is 15.5. The fraction of sp³-hybridized carbons (Fsp3) is 1.00. The number of hydrazine groups is 1. The molecule has 3 heteroatoms. The second kappa shape index (κ2) is 7.34. The number of nitrogens with two attached hydrogens (primary N) is 1. The lowest BCUT2D eigenvalue weighted by Crippen LogP contribution is -2.59. The Hall–Kier alpha value is -0.120. The minimum Gasteiger partial charge on any atom is -0.329 e. The third-order valence-corrected chi connectivity index (χ3v) is 4.25. The van der Waals surface area contributed by atoms with Crippen LogP contribution in [0.5, 0.6) is 0 Å². The van der Waals surface area contributed by atoms with Crippen LogP contribution in [0.3, 0.4) is 0 Å². The van der Waals surface area contributed by atoms with Gasteiger partial charge in [0.25, 0.3) is 0 Å². The summed E-state index contributed by atoms with van der Waals surface area (Å²) in [5.41, 5.74) is 9.91. The van der Waals surface area contributed by atoms with Crippen LogP contribution in [0.15, 0.2) is 0 Å². The largest absolute Gasteiger partial charge is 0.329 e. The van der Waals surface area contributed by atoms with Crippen LogP contribution in [0.2, 0.25) is 0 Å². The van der Waals surface area contributed by atoms with Crippen molar-refractivity contribution in [3.05, 3.63) is 0 Å². The first-order valence-corrected chi connectivity index (χ1v) is 7.38. The van der Waals surface area contributed by atoms with Gasteiger partial charge >= 0.3 is 0 Å². The third-order valence-electron chi connectivity index (χ3n) is 4.25. The summed E-state index contributed by atoms with van der Waals surface area (Å²) in [6, 6.07) is 0. The van der Waals surface area contributed by atoms with Gasteiger partial charge in [-0.3, -0.25) is 0 Å². The summed E-state index contributed by atoms with van der Waals surface area (Å²) in [6.45, 7) is 9.96. The summed E-state index contributed by atoms with van der Waals surface area (Å²) in [7, 11) is 0. The Kier molecular flexibility index (Phi) is 6.45. The molecule has 1 aliphatic rings. The average Bonchev–Trinajstić information content (AvgIpc) is 2.39. The van der Waals surface area contributed by atoms with Crippen molar-refractivity contribution in [1.82, 2.24) is 10.4 Å². The third kappa shape index (κ3) is 4.57. The topological polar surface area (TPSA) is 41.3 Å². The molecule has 17 heavy (non-hydrogen) atoms. The Morgan fingerprint density at radius 2 is 1.88 bits per heavy atom. The van der Waals surface area contributed by atoms with E-state index in [9.17, 15) is 0 Å². The fourth-order valence-corrected chi connectivity index (χ4v) is 2.69. The second-order valence-electron chi connectivity index (χ2n) is 5.72. The van der Waals surface area contributed by atoms with Crippen LogP contribution in [0.1, 0.15) is 59.3 Å². The molecule has 1 saturated heterocycles. The van der Waals surface area contributed by atoms with Crippen molar-refractivity contribution in [2.75, 3.05) is 19.6 Å². The molecule has 0 aromatic rings. The van der Waals surface area contributed by atoms with Gasteiger partial charge in [-0.1, -0.05) is 33.6 Å². The van der Waals surface area contributed by atoms with Gasteiger partial charge in [0.2, 0.25) is 0 Å². The second-order valence-corrected chi connectivity index (χ2v) is 5.72. The van der Waals surface area contributed by atoms with Crippen LogP contribution in [0.4, 0.5) is 0 Å².